The van der Waals surface area contributed by atoms with E-state index in [-0.39, 0.29) is 22.4 Å². The first kappa shape index (κ1) is 17.8. The van der Waals surface area contributed by atoms with Gasteiger partial charge in [0.25, 0.3) is 5.91 Å². The van der Waals surface area contributed by atoms with Crippen molar-refractivity contribution >= 4 is 33.3 Å². The van der Waals surface area contributed by atoms with E-state index in [2.05, 4.69) is 10.5 Å². The summed E-state index contributed by atoms with van der Waals surface area (Å²) in [7, 11) is 0. The Labute approximate surface area is 156 Å². The van der Waals surface area contributed by atoms with Gasteiger partial charge in [-0.2, -0.15) is 13.2 Å². The Morgan fingerprint density at radius 1 is 1.04 bits per heavy atom. The fourth-order valence-corrected chi connectivity index (χ4v) is 2.85. The molecule has 0 radical (unpaired) electrons. The third kappa shape index (κ3) is 3.62. The van der Waals surface area contributed by atoms with Gasteiger partial charge in [0, 0.05) is 5.69 Å². The van der Waals surface area contributed by atoms with Gasteiger partial charge in [-0.15, -0.1) is 0 Å². The SMILES string of the molecule is O=C(Nc1ccc2ccccc2c1)c1noc2cccc(OCC(F)(F)F)c12. The zero-order chi connectivity index (χ0) is 19.7. The van der Waals surface area contributed by atoms with E-state index in [1.807, 2.05) is 30.3 Å². The number of ether oxygens (including phenoxy) is 1. The molecule has 0 aliphatic heterocycles. The number of alkyl halides is 3. The summed E-state index contributed by atoms with van der Waals surface area (Å²) in [5, 5.41) is 8.43. The maximum Gasteiger partial charge on any atom is 0.422 e. The van der Waals surface area contributed by atoms with E-state index in [1.165, 1.54) is 18.2 Å². The van der Waals surface area contributed by atoms with Crippen LogP contribution < -0.4 is 10.1 Å². The largest absolute Gasteiger partial charge is 0.483 e. The second-order valence-corrected chi connectivity index (χ2v) is 6.08. The number of carbonyl (C=O) groups is 1. The Balaban J connectivity index is 1.64. The minimum Gasteiger partial charge on any atom is -0.483 e. The van der Waals surface area contributed by atoms with Crippen LogP contribution in [0.4, 0.5) is 18.9 Å². The Hall–Kier alpha value is -3.55. The third-order valence-corrected chi connectivity index (χ3v) is 4.07. The summed E-state index contributed by atoms with van der Waals surface area (Å²) < 4.78 is 47.4. The van der Waals surface area contributed by atoms with Gasteiger partial charge in [-0.1, -0.05) is 41.6 Å². The molecule has 28 heavy (non-hydrogen) atoms. The molecule has 1 aromatic heterocycles. The number of hydrogen-bond acceptors (Lipinski definition) is 4. The molecule has 0 spiro atoms. The normalized spacial score (nSPS) is 11.7. The first-order valence-electron chi connectivity index (χ1n) is 8.29. The summed E-state index contributed by atoms with van der Waals surface area (Å²) in [4.78, 5) is 12.7. The summed E-state index contributed by atoms with van der Waals surface area (Å²) in [5.41, 5.74) is 0.526. The molecule has 0 fully saturated rings. The minimum atomic E-state index is -4.51. The lowest BCUT2D eigenvalue weighted by Gasteiger charge is -2.10. The summed E-state index contributed by atoms with van der Waals surface area (Å²) in [6.07, 6.45) is -4.51. The number of benzene rings is 3. The maximum absolute atomic E-state index is 12.7. The highest BCUT2D eigenvalue weighted by Gasteiger charge is 2.29. The van der Waals surface area contributed by atoms with E-state index < -0.39 is 18.7 Å². The molecule has 4 aromatic rings. The minimum absolute atomic E-state index is 0.0880. The molecule has 1 amide bonds. The molecule has 3 aromatic carbocycles. The van der Waals surface area contributed by atoms with Gasteiger partial charge in [0.15, 0.2) is 17.9 Å². The fourth-order valence-electron chi connectivity index (χ4n) is 2.85. The van der Waals surface area contributed by atoms with Crippen LogP contribution in [0.15, 0.2) is 65.2 Å². The van der Waals surface area contributed by atoms with Crippen molar-refractivity contribution in [3.05, 3.63) is 66.4 Å². The van der Waals surface area contributed by atoms with Crippen LogP contribution in [0.5, 0.6) is 5.75 Å². The molecule has 0 aliphatic rings. The zero-order valence-electron chi connectivity index (χ0n) is 14.3. The number of rotatable bonds is 4. The van der Waals surface area contributed by atoms with Crippen molar-refractivity contribution in [1.29, 1.82) is 0 Å². The van der Waals surface area contributed by atoms with Crippen molar-refractivity contribution < 1.29 is 27.2 Å². The number of fused-ring (bicyclic) bond motifs is 2. The van der Waals surface area contributed by atoms with Gasteiger partial charge in [0.05, 0.1) is 5.39 Å². The van der Waals surface area contributed by atoms with E-state index in [0.717, 1.165) is 10.8 Å². The number of nitrogens with zero attached hydrogens (tertiary/aromatic N) is 1. The van der Waals surface area contributed by atoms with Crippen LogP contribution in [0.1, 0.15) is 10.5 Å². The quantitative estimate of drug-likeness (QED) is 0.525. The fraction of sp³-hybridized carbons (Fsp3) is 0.100. The molecular formula is C20H13F3N2O3. The van der Waals surface area contributed by atoms with Crippen LogP contribution in [-0.4, -0.2) is 23.8 Å². The van der Waals surface area contributed by atoms with Crippen molar-refractivity contribution in [3.8, 4) is 5.75 Å². The van der Waals surface area contributed by atoms with Gasteiger partial charge in [-0.05, 0) is 35.0 Å². The Bertz CT molecular complexity index is 1170. The number of carbonyl (C=O) groups excluding carboxylic acids is 1. The molecule has 8 heteroatoms. The number of aromatic nitrogens is 1. The zero-order valence-corrected chi connectivity index (χ0v) is 14.3. The van der Waals surface area contributed by atoms with Gasteiger partial charge in [0.2, 0.25) is 0 Å². The monoisotopic (exact) mass is 386 g/mol. The molecule has 142 valence electrons. The Kier molecular flexibility index (Phi) is 4.38. The number of amides is 1. The van der Waals surface area contributed by atoms with Crippen LogP contribution >= 0.6 is 0 Å². The molecule has 5 nitrogen and oxygen atoms in total. The van der Waals surface area contributed by atoms with Crippen LogP contribution in [0, 0.1) is 0 Å². The lowest BCUT2D eigenvalue weighted by molar-refractivity contribution is -0.153. The second kappa shape index (κ2) is 6.88. The predicted molar refractivity (Wildman–Crippen MR) is 97.5 cm³/mol. The molecule has 1 heterocycles. The van der Waals surface area contributed by atoms with Gasteiger partial charge < -0.3 is 14.6 Å². The predicted octanol–water partition coefficient (Wildman–Crippen LogP) is 5.17. The number of anilines is 1. The van der Waals surface area contributed by atoms with Crippen LogP contribution in [-0.2, 0) is 0 Å². The average Bonchev–Trinajstić information content (AvgIpc) is 3.10. The molecule has 0 bridgehead atoms. The smallest absolute Gasteiger partial charge is 0.422 e. The highest BCUT2D eigenvalue weighted by Crippen LogP contribution is 2.31. The topological polar surface area (TPSA) is 64.4 Å². The first-order chi connectivity index (χ1) is 13.4. The van der Waals surface area contributed by atoms with Crippen molar-refractivity contribution in [2.24, 2.45) is 0 Å². The van der Waals surface area contributed by atoms with Gasteiger partial charge >= 0.3 is 6.18 Å². The van der Waals surface area contributed by atoms with Gasteiger partial charge in [0.1, 0.15) is 5.75 Å². The molecule has 0 atom stereocenters. The van der Waals surface area contributed by atoms with Crippen LogP contribution in [0.25, 0.3) is 21.7 Å². The summed E-state index contributed by atoms with van der Waals surface area (Å²) >= 11 is 0. The van der Waals surface area contributed by atoms with Crippen molar-refractivity contribution in [1.82, 2.24) is 5.16 Å². The van der Waals surface area contributed by atoms with Crippen molar-refractivity contribution in [2.75, 3.05) is 11.9 Å². The summed E-state index contributed by atoms with van der Waals surface area (Å²) in [5.74, 6) is -0.739. The summed E-state index contributed by atoms with van der Waals surface area (Å²) in [6.45, 7) is -1.48. The lowest BCUT2D eigenvalue weighted by atomic mass is 10.1. The van der Waals surface area contributed by atoms with Crippen LogP contribution in [0.3, 0.4) is 0 Å². The van der Waals surface area contributed by atoms with E-state index >= 15 is 0 Å². The molecule has 0 saturated heterocycles. The molecule has 1 N–H and O–H groups in total. The average molecular weight is 386 g/mol. The molecular weight excluding hydrogens is 373 g/mol. The highest BCUT2D eigenvalue weighted by atomic mass is 19.4. The Morgan fingerprint density at radius 2 is 1.82 bits per heavy atom. The third-order valence-electron chi connectivity index (χ3n) is 4.07. The summed E-state index contributed by atoms with van der Waals surface area (Å²) in [6, 6.07) is 17.3. The molecule has 4 rings (SSSR count). The van der Waals surface area contributed by atoms with Gasteiger partial charge in [-0.25, -0.2) is 0 Å². The maximum atomic E-state index is 12.7. The number of nitrogens with one attached hydrogen (secondary N) is 1. The van der Waals surface area contributed by atoms with E-state index in [1.54, 1.807) is 12.1 Å². The second-order valence-electron chi connectivity index (χ2n) is 6.08. The van der Waals surface area contributed by atoms with Crippen molar-refractivity contribution in [2.45, 2.75) is 6.18 Å². The Morgan fingerprint density at radius 3 is 2.61 bits per heavy atom. The van der Waals surface area contributed by atoms with Crippen molar-refractivity contribution in [3.63, 3.8) is 0 Å². The lowest BCUT2D eigenvalue weighted by Crippen LogP contribution is -2.19. The molecule has 0 unspecified atom stereocenters. The van der Waals surface area contributed by atoms with Crippen LogP contribution in [0.2, 0.25) is 0 Å². The number of hydrogen-bond donors (Lipinski definition) is 1. The highest BCUT2D eigenvalue weighted by molar-refractivity contribution is 6.12. The standard InChI is InChI=1S/C20H13F3N2O3/c21-20(22,23)11-27-15-6-3-7-16-17(15)18(25-28-16)19(26)24-14-9-8-12-4-1-2-5-13(12)10-14/h1-10H,11H2,(H,24,26). The molecule has 0 aliphatic carbocycles. The van der Waals surface area contributed by atoms with E-state index in [0.29, 0.717) is 5.69 Å². The number of halogens is 3. The van der Waals surface area contributed by atoms with E-state index in [9.17, 15) is 18.0 Å². The molecule has 0 saturated carbocycles. The van der Waals surface area contributed by atoms with E-state index in [4.69, 9.17) is 9.26 Å². The van der Waals surface area contributed by atoms with Gasteiger partial charge in [-0.3, -0.25) is 4.79 Å². The first-order valence-corrected chi connectivity index (χ1v) is 8.29.